The SMILES string of the molecule is CCCCCc1ccc(-c2ccccc2)cc1.OB(O)O. The quantitative estimate of drug-likeness (QED) is 0.585. The van der Waals surface area contributed by atoms with Crippen LogP contribution >= 0.6 is 0 Å². The van der Waals surface area contributed by atoms with Crippen LogP contribution < -0.4 is 0 Å². The van der Waals surface area contributed by atoms with Crippen LogP contribution in [0, 0.1) is 0 Å². The summed E-state index contributed by atoms with van der Waals surface area (Å²) in [6.07, 6.45) is 5.15. The predicted octanol–water partition coefficient (Wildman–Crippen LogP) is 3.03. The molecule has 2 aromatic carbocycles. The van der Waals surface area contributed by atoms with Crippen LogP contribution in [0.4, 0.5) is 0 Å². The summed E-state index contributed by atoms with van der Waals surface area (Å²) in [6, 6.07) is 19.5. The van der Waals surface area contributed by atoms with E-state index in [4.69, 9.17) is 15.1 Å². The van der Waals surface area contributed by atoms with Crippen molar-refractivity contribution in [1.82, 2.24) is 0 Å². The molecule has 0 radical (unpaired) electrons. The second-order valence-electron chi connectivity index (χ2n) is 4.87. The molecule has 0 aliphatic rings. The first-order chi connectivity index (χ1) is 10.1. The van der Waals surface area contributed by atoms with Crippen molar-refractivity contribution in [1.29, 1.82) is 0 Å². The summed E-state index contributed by atoms with van der Waals surface area (Å²) in [5, 5.41) is 21.5. The second kappa shape index (κ2) is 10.2. The van der Waals surface area contributed by atoms with Gasteiger partial charge in [-0.15, -0.1) is 0 Å². The number of hydrogen-bond donors (Lipinski definition) is 3. The van der Waals surface area contributed by atoms with E-state index in [9.17, 15) is 0 Å². The molecule has 4 heteroatoms. The third-order valence-electron chi connectivity index (χ3n) is 3.13. The van der Waals surface area contributed by atoms with Crippen LogP contribution in [0.15, 0.2) is 54.6 Å². The van der Waals surface area contributed by atoms with Crippen molar-refractivity contribution in [2.45, 2.75) is 32.6 Å². The fourth-order valence-electron chi connectivity index (χ4n) is 2.07. The van der Waals surface area contributed by atoms with E-state index < -0.39 is 7.32 Å². The summed E-state index contributed by atoms with van der Waals surface area (Å²) >= 11 is 0. The Morgan fingerprint density at radius 1 is 0.762 bits per heavy atom. The molecule has 0 saturated carbocycles. The Morgan fingerprint density at radius 2 is 1.29 bits per heavy atom. The first-order valence-electron chi connectivity index (χ1n) is 7.32. The standard InChI is InChI=1S/C17H20.BH3O3/c1-2-3-5-8-15-11-13-17(14-12-15)16-9-6-4-7-10-16;2-1(3)4/h4,6-7,9-14H,2-3,5,8H2,1H3;2-4H. The lowest BCUT2D eigenvalue weighted by atomic mass is 10.0. The van der Waals surface area contributed by atoms with Gasteiger partial charge in [0.15, 0.2) is 0 Å². The van der Waals surface area contributed by atoms with Crippen LogP contribution in [-0.2, 0) is 6.42 Å². The number of unbranched alkanes of at least 4 members (excludes halogenated alkanes) is 2. The maximum atomic E-state index is 7.17. The van der Waals surface area contributed by atoms with Gasteiger partial charge in [-0.2, -0.15) is 0 Å². The first kappa shape index (κ1) is 17.4. The maximum Gasteiger partial charge on any atom is 0.631 e. The lowest BCUT2D eigenvalue weighted by Crippen LogP contribution is -2.07. The molecule has 0 fully saturated rings. The smallest absolute Gasteiger partial charge is 0.402 e. The van der Waals surface area contributed by atoms with E-state index in [2.05, 4.69) is 61.5 Å². The topological polar surface area (TPSA) is 60.7 Å². The highest BCUT2D eigenvalue weighted by molar-refractivity contribution is 6.30. The molecule has 0 atom stereocenters. The zero-order chi connectivity index (χ0) is 15.5. The Kier molecular flexibility index (Phi) is 8.44. The Bertz CT molecular complexity index is 480. The number of benzene rings is 2. The van der Waals surface area contributed by atoms with Crippen molar-refractivity contribution in [3.05, 3.63) is 60.2 Å². The van der Waals surface area contributed by atoms with Gasteiger partial charge in [0.05, 0.1) is 0 Å². The van der Waals surface area contributed by atoms with Gasteiger partial charge < -0.3 is 15.1 Å². The number of hydrogen-bond acceptors (Lipinski definition) is 3. The molecule has 21 heavy (non-hydrogen) atoms. The molecule has 0 aromatic heterocycles. The van der Waals surface area contributed by atoms with Crippen molar-refractivity contribution in [2.24, 2.45) is 0 Å². The molecule has 0 spiro atoms. The summed E-state index contributed by atoms with van der Waals surface area (Å²) in [5.74, 6) is 0. The highest BCUT2D eigenvalue weighted by atomic mass is 16.5. The van der Waals surface area contributed by atoms with Crippen molar-refractivity contribution in [2.75, 3.05) is 0 Å². The van der Waals surface area contributed by atoms with Gasteiger partial charge in [0.1, 0.15) is 0 Å². The minimum absolute atomic E-state index is 1.21. The third kappa shape index (κ3) is 7.66. The van der Waals surface area contributed by atoms with Crippen LogP contribution in [0.1, 0.15) is 31.7 Å². The molecule has 0 heterocycles. The summed E-state index contributed by atoms with van der Waals surface area (Å²) in [5.41, 5.74) is 4.07. The molecule has 0 aliphatic carbocycles. The molecule has 0 bridgehead atoms. The van der Waals surface area contributed by atoms with E-state index in [1.165, 1.54) is 42.4 Å². The maximum absolute atomic E-state index is 7.17. The minimum atomic E-state index is -2.17. The van der Waals surface area contributed by atoms with Gasteiger partial charge >= 0.3 is 7.32 Å². The van der Waals surface area contributed by atoms with E-state index in [0.717, 1.165) is 0 Å². The van der Waals surface area contributed by atoms with Gasteiger partial charge in [-0.1, -0.05) is 74.4 Å². The highest BCUT2D eigenvalue weighted by Gasteiger charge is 1.97. The van der Waals surface area contributed by atoms with Gasteiger partial charge in [-0.05, 0) is 29.5 Å². The normalized spacial score (nSPS) is 9.71. The lowest BCUT2D eigenvalue weighted by Gasteiger charge is -2.04. The van der Waals surface area contributed by atoms with Crippen LogP contribution in [0.3, 0.4) is 0 Å². The van der Waals surface area contributed by atoms with Crippen LogP contribution in [0.25, 0.3) is 11.1 Å². The summed E-state index contributed by atoms with van der Waals surface area (Å²) in [4.78, 5) is 0. The van der Waals surface area contributed by atoms with Gasteiger partial charge in [0.2, 0.25) is 0 Å². The number of rotatable bonds is 5. The van der Waals surface area contributed by atoms with E-state index in [1.807, 2.05) is 0 Å². The first-order valence-corrected chi connectivity index (χ1v) is 7.32. The molecule has 0 aliphatic heterocycles. The molecule has 112 valence electrons. The molecule has 3 N–H and O–H groups in total. The van der Waals surface area contributed by atoms with Crippen LogP contribution in [-0.4, -0.2) is 22.4 Å². The predicted molar refractivity (Wildman–Crippen MR) is 87.5 cm³/mol. The fourth-order valence-corrected chi connectivity index (χ4v) is 2.07. The Labute approximate surface area is 127 Å². The van der Waals surface area contributed by atoms with Gasteiger partial charge in [-0.3, -0.25) is 0 Å². The molecular formula is C17H23BO3. The van der Waals surface area contributed by atoms with E-state index in [1.54, 1.807) is 0 Å². The lowest BCUT2D eigenvalue weighted by molar-refractivity contribution is 0.278. The van der Waals surface area contributed by atoms with Crippen molar-refractivity contribution >= 4 is 7.32 Å². The molecule has 0 unspecified atom stereocenters. The Hall–Kier alpha value is -1.62. The minimum Gasteiger partial charge on any atom is -0.402 e. The molecule has 2 rings (SSSR count). The molecule has 3 nitrogen and oxygen atoms in total. The Morgan fingerprint density at radius 3 is 1.81 bits per heavy atom. The summed E-state index contributed by atoms with van der Waals surface area (Å²) in [6.45, 7) is 2.25. The van der Waals surface area contributed by atoms with Crippen LogP contribution in [0.5, 0.6) is 0 Å². The van der Waals surface area contributed by atoms with E-state index in [-0.39, 0.29) is 0 Å². The molecule has 0 amide bonds. The zero-order valence-electron chi connectivity index (χ0n) is 12.4. The van der Waals surface area contributed by atoms with E-state index >= 15 is 0 Å². The molecule has 2 aromatic rings. The monoisotopic (exact) mass is 286 g/mol. The van der Waals surface area contributed by atoms with Gasteiger partial charge in [-0.25, -0.2) is 0 Å². The van der Waals surface area contributed by atoms with Crippen LogP contribution in [0.2, 0.25) is 0 Å². The van der Waals surface area contributed by atoms with Crippen molar-refractivity contribution < 1.29 is 15.1 Å². The van der Waals surface area contributed by atoms with Crippen molar-refractivity contribution in [3.63, 3.8) is 0 Å². The zero-order valence-corrected chi connectivity index (χ0v) is 12.4. The molecular weight excluding hydrogens is 263 g/mol. The fraction of sp³-hybridized carbons (Fsp3) is 0.294. The second-order valence-corrected chi connectivity index (χ2v) is 4.87. The van der Waals surface area contributed by atoms with Gasteiger partial charge in [0.25, 0.3) is 0 Å². The average molecular weight is 286 g/mol. The largest absolute Gasteiger partial charge is 0.631 e. The van der Waals surface area contributed by atoms with E-state index in [0.29, 0.717) is 0 Å². The van der Waals surface area contributed by atoms with Crippen molar-refractivity contribution in [3.8, 4) is 11.1 Å². The summed E-state index contributed by atoms with van der Waals surface area (Å²) in [7, 11) is -2.17. The van der Waals surface area contributed by atoms with Gasteiger partial charge in [0, 0.05) is 0 Å². The molecule has 0 saturated heterocycles. The number of aryl methyl sites for hydroxylation is 1. The highest BCUT2D eigenvalue weighted by Crippen LogP contribution is 2.19. The Balaban J connectivity index is 0.000000491. The third-order valence-corrected chi connectivity index (χ3v) is 3.13. The summed E-state index contributed by atoms with van der Waals surface area (Å²) < 4.78 is 0. The average Bonchev–Trinajstić information content (AvgIpc) is 2.49.